The average molecular weight is 293 g/mol. The fourth-order valence-electron chi connectivity index (χ4n) is 3.38. The van der Waals surface area contributed by atoms with Crippen molar-refractivity contribution in [1.82, 2.24) is 5.32 Å². The summed E-state index contributed by atoms with van der Waals surface area (Å²) in [7, 11) is 0. The molecule has 0 spiro atoms. The van der Waals surface area contributed by atoms with Gasteiger partial charge in [0.05, 0.1) is 0 Å². The first kappa shape index (κ1) is 13.4. The number of furan rings is 1. The lowest BCUT2D eigenvalue weighted by Gasteiger charge is -2.22. The number of hydrogen-bond acceptors (Lipinski definition) is 2. The fourth-order valence-corrected chi connectivity index (χ4v) is 3.38. The maximum absolute atomic E-state index is 12.5. The number of hydrogen-bond donors (Lipinski definition) is 1. The van der Waals surface area contributed by atoms with Crippen molar-refractivity contribution in [3.63, 3.8) is 0 Å². The van der Waals surface area contributed by atoms with E-state index in [0.29, 0.717) is 11.6 Å². The van der Waals surface area contributed by atoms with Crippen molar-refractivity contribution in [3.05, 3.63) is 48.0 Å². The molecule has 3 heteroatoms. The lowest BCUT2D eigenvalue weighted by Crippen LogP contribution is -2.36. The number of benzene rings is 2. The topological polar surface area (TPSA) is 42.2 Å². The first-order valence-corrected chi connectivity index (χ1v) is 8.03. The van der Waals surface area contributed by atoms with E-state index < -0.39 is 0 Å². The molecule has 0 aliphatic heterocycles. The van der Waals surface area contributed by atoms with E-state index in [-0.39, 0.29) is 5.91 Å². The summed E-state index contributed by atoms with van der Waals surface area (Å²) in [4.78, 5) is 12.5. The van der Waals surface area contributed by atoms with Crippen molar-refractivity contribution in [3.8, 4) is 0 Å². The molecule has 1 aromatic heterocycles. The zero-order chi connectivity index (χ0) is 14.9. The third kappa shape index (κ3) is 2.37. The van der Waals surface area contributed by atoms with Crippen molar-refractivity contribution in [2.45, 2.75) is 38.1 Å². The van der Waals surface area contributed by atoms with Gasteiger partial charge in [0, 0.05) is 22.4 Å². The minimum absolute atomic E-state index is 0.0269. The Balaban J connectivity index is 1.66. The number of rotatable bonds is 2. The zero-order valence-electron chi connectivity index (χ0n) is 12.5. The third-order valence-corrected chi connectivity index (χ3v) is 4.58. The molecule has 0 bridgehead atoms. The van der Waals surface area contributed by atoms with E-state index in [1.807, 2.05) is 42.5 Å². The number of fused-ring (bicyclic) bond motifs is 3. The van der Waals surface area contributed by atoms with E-state index >= 15 is 0 Å². The van der Waals surface area contributed by atoms with Crippen LogP contribution in [0.25, 0.3) is 21.9 Å². The molecule has 22 heavy (non-hydrogen) atoms. The molecule has 1 saturated carbocycles. The molecule has 0 saturated heterocycles. The number of amides is 1. The van der Waals surface area contributed by atoms with E-state index in [1.54, 1.807) is 0 Å². The van der Waals surface area contributed by atoms with Gasteiger partial charge in [-0.3, -0.25) is 4.79 Å². The molecular formula is C19H19NO2. The van der Waals surface area contributed by atoms with E-state index in [9.17, 15) is 4.79 Å². The summed E-state index contributed by atoms with van der Waals surface area (Å²) in [5.41, 5.74) is 2.40. The zero-order valence-corrected chi connectivity index (χ0v) is 12.5. The van der Waals surface area contributed by atoms with Crippen molar-refractivity contribution in [2.24, 2.45) is 0 Å². The Kier molecular flexibility index (Phi) is 3.34. The Morgan fingerprint density at radius 3 is 2.59 bits per heavy atom. The van der Waals surface area contributed by atoms with Crippen LogP contribution in [-0.4, -0.2) is 11.9 Å². The highest BCUT2D eigenvalue weighted by Gasteiger charge is 2.17. The monoisotopic (exact) mass is 293 g/mol. The maximum atomic E-state index is 12.5. The van der Waals surface area contributed by atoms with Crippen LogP contribution in [0, 0.1) is 0 Å². The standard InChI is InChI=1S/C19H19NO2/c21-19(20-14-6-2-1-3-7-14)13-10-11-18-16(12-13)15-8-4-5-9-17(15)22-18/h4-5,8-12,14H,1-3,6-7H2,(H,20,21). The van der Waals surface area contributed by atoms with Crippen LogP contribution in [0.2, 0.25) is 0 Å². The van der Waals surface area contributed by atoms with Crippen molar-refractivity contribution < 1.29 is 9.21 Å². The molecule has 112 valence electrons. The van der Waals surface area contributed by atoms with Gasteiger partial charge >= 0.3 is 0 Å². The molecule has 0 atom stereocenters. The van der Waals surface area contributed by atoms with Gasteiger partial charge in [-0.15, -0.1) is 0 Å². The van der Waals surface area contributed by atoms with E-state index in [0.717, 1.165) is 34.8 Å². The number of carbonyl (C=O) groups excluding carboxylic acids is 1. The highest BCUT2D eigenvalue weighted by molar-refractivity contribution is 6.08. The van der Waals surface area contributed by atoms with Crippen LogP contribution in [-0.2, 0) is 0 Å². The smallest absolute Gasteiger partial charge is 0.251 e. The molecule has 1 heterocycles. The minimum atomic E-state index is 0.0269. The van der Waals surface area contributed by atoms with Gasteiger partial charge in [0.25, 0.3) is 5.91 Å². The Bertz CT molecular complexity index is 828. The lowest BCUT2D eigenvalue weighted by atomic mass is 9.95. The van der Waals surface area contributed by atoms with Crippen molar-refractivity contribution in [2.75, 3.05) is 0 Å². The highest BCUT2D eigenvalue weighted by atomic mass is 16.3. The molecule has 1 aliphatic carbocycles. The van der Waals surface area contributed by atoms with E-state index in [1.165, 1.54) is 19.3 Å². The van der Waals surface area contributed by atoms with Gasteiger partial charge < -0.3 is 9.73 Å². The first-order chi connectivity index (χ1) is 10.8. The first-order valence-electron chi connectivity index (χ1n) is 8.03. The van der Waals surface area contributed by atoms with Crippen LogP contribution in [0.15, 0.2) is 46.9 Å². The van der Waals surface area contributed by atoms with Crippen LogP contribution in [0.1, 0.15) is 42.5 Å². The molecule has 1 N–H and O–H groups in total. The van der Waals surface area contributed by atoms with Crippen LogP contribution in [0.5, 0.6) is 0 Å². The quantitative estimate of drug-likeness (QED) is 0.747. The molecule has 2 aromatic carbocycles. The van der Waals surface area contributed by atoms with Crippen LogP contribution in [0.3, 0.4) is 0 Å². The normalized spacial score (nSPS) is 16.2. The van der Waals surface area contributed by atoms with Crippen LogP contribution < -0.4 is 5.32 Å². The molecule has 1 fully saturated rings. The molecule has 0 unspecified atom stereocenters. The number of nitrogens with one attached hydrogen (secondary N) is 1. The predicted molar refractivity (Wildman–Crippen MR) is 88.1 cm³/mol. The largest absolute Gasteiger partial charge is 0.456 e. The molecule has 0 radical (unpaired) electrons. The molecular weight excluding hydrogens is 274 g/mol. The Morgan fingerprint density at radius 1 is 0.955 bits per heavy atom. The predicted octanol–water partition coefficient (Wildman–Crippen LogP) is 4.65. The number of carbonyl (C=O) groups is 1. The highest BCUT2D eigenvalue weighted by Crippen LogP contribution is 2.29. The van der Waals surface area contributed by atoms with Gasteiger partial charge in [-0.2, -0.15) is 0 Å². The Hall–Kier alpha value is -2.29. The molecule has 3 nitrogen and oxygen atoms in total. The second kappa shape index (κ2) is 5.48. The summed E-state index contributed by atoms with van der Waals surface area (Å²) in [6.07, 6.45) is 5.93. The van der Waals surface area contributed by atoms with Crippen LogP contribution in [0.4, 0.5) is 0 Å². The summed E-state index contributed by atoms with van der Waals surface area (Å²) in [6, 6.07) is 14.0. The van der Waals surface area contributed by atoms with Gasteiger partial charge in [0.15, 0.2) is 0 Å². The van der Waals surface area contributed by atoms with E-state index in [4.69, 9.17) is 4.42 Å². The van der Waals surface area contributed by atoms with Gasteiger partial charge in [-0.1, -0.05) is 37.5 Å². The van der Waals surface area contributed by atoms with Gasteiger partial charge in [-0.05, 0) is 37.1 Å². The van der Waals surface area contributed by atoms with Crippen LogP contribution >= 0.6 is 0 Å². The third-order valence-electron chi connectivity index (χ3n) is 4.58. The summed E-state index contributed by atoms with van der Waals surface area (Å²) in [6.45, 7) is 0. The summed E-state index contributed by atoms with van der Waals surface area (Å²) >= 11 is 0. The lowest BCUT2D eigenvalue weighted by molar-refractivity contribution is 0.0928. The molecule has 1 amide bonds. The fraction of sp³-hybridized carbons (Fsp3) is 0.316. The Morgan fingerprint density at radius 2 is 1.73 bits per heavy atom. The summed E-state index contributed by atoms with van der Waals surface area (Å²) in [5.74, 6) is 0.0269. The summed E-state index contributed by atoms with van der Waals surface area (Å²) in [5, 5.41) is 5.24. The SMILES string of the molecule is O=C(NC1CCCCC1)c1ccc2oc3ccccc3c2c1. The average Bonchev–Trinajstić information content (AvgIpc) is 2.93. The van der Waals surface area contributed by atoms with Crippen molar-refractivity contribution >= 4 is 27.8 Å². The molecule has 1 aliphatic rings. The second-order valence-electron chi connectivity index (χ2n) is 6.12. The molecule has 3 aromatic rings. The number of para-hydroxylation sites is 1. The maximum Gasteiger partial charge on any atom is 0.251 e. The van der Waals surface area contributed by atoms with Gasteiger partial charge in [0.2, 0.25) is 0 Å². The van der Waals surface area contributed by atoms with E-state index in [2.05, 4.69) is 5.32 Å². The Labute approximate surface area is 129 Å². The van der Waals surface area contributed by atoms with Crippen molar-refractivity contribution in [1.29, 1.82) is 0 Å². The summed E-state index contributed by atoms with van der Waals surface area (Å²) < 4.78 is 5.81. The van der Waals surface area contributed by atoms with Gasteiger partial charge in [0.1, 0.15) is 11.2 Å². The molecule has 4 rings (SSSR count). The second-order valence-corrected chi connectivity index (χ2v) is 6.12. The van der Waals surface area contributed by atoms with Gasteiger partial charge in [-0.25, -0.2) is 0 Å². The minimum Gasteiger partial charge on any atom is -0.456 e.